The second-order valence-corrected chi connectivity index (χ2v) is 43.1. The summed E-state index contributed by atoms with van der Waals surface area (Å²) in [5, 5.41) is 35.8. The molecule has 0 atom stereocenters. The zero-order chi connectivity index (χ0) is 56.1. The van der Waals surface area contributed by atoms with Gasteiger partial charge in [-0.15, -0.1) is 29.5 Å². The van der Waals surface area contributed by atoms with E-state index in [1.807, 2.05) is 0 Å². The average Bonchev–Trinajstić information content (AvgIpc) is 4.12. The van der Waals surface area contributed by atoms with Crippen molar-refractivity contribution in [2.24, 2.45) is 0 Å². The van der Waals surface area contributed by atoms with E-state index >= 15 is 0 Å². The number of nitrogens with zero attached hydrogens (tertiary/aromatic N) is 3. The Labute approximate surface area is 471 Å². The molecular formula is C58H92BrN3O5Si3Te2. The molecule has 8 nitrogen and oxygen atoms in total. The van der Waals surface area contributed by atoms with E-state index in [9.17, 15) is 10.1 Å². The van der Waals surface area contributed by atoms with Crippen LogP contribution in [0.3, 0.4) is 0 Å². The van der Waals surface area contributed by atoms with Gasteiger partial charge in [0, 0.05) is 28.8 Å². The maximum absolute atomic E-state index is 10.6. The van der Waals surface area contributed by atoms with Crippen molar-refractivity contribution in [3.8, 4) is 69.8 Å². The number of aliphatic hydroxyl groups is 3. The van der Waals surface area contributed by atoms with Gasteiger partial charge in [-0.3, -0.25) is 0 Å². The van der Waals surface area contributed by atoms with Crippen LogP contribution in [-0.2, 0) is 19.4 Å². The molecule has 0 aromatic carbocycles. The van der Waals surface area contributed by atoms with Gasteiger partial charge in [0.05, 0.1) is 13.2 Å². The standard InChI is InChI=1S/C15H26OSi.C11H21BrSi.C11H22Si.C9H9N3O2Te.C6H8OTe.C6H6O/c1-13(2)17(14(3)4,15(5)6)12-10-8-7-9-11-16;1-9(2)13(8-7-12,10(3)4)11(5)6;1-8-12(9(2)3,10(4)5)11(6)7;13-12(14)9-10-4-6-11(9)5-3-8-2-1-7-15-8;7-4-3-6-2-1-5-8-6;1-2-3-4-5-6-7/h13-16H,9,11H2,1-6H3;9-11H,1-6H3;1,9-11H,2-7H3;1-2,4,6-7H,3,5H2;1-2,5,7H,3-4H2;1,7H,5-6H2. The van der Waals surface area contributed by atoms with E-state index in [4.69, 9.17) is 28.2 Å². The van der Waals surface area contributed by atoms with Gasteiger partial charge in [-0.1, -0.05) is 136 Å². The first-order valence-corrected chi connectivity index (χ1v) is 37.9. The summed E-state index contributed by atoms with van der Waals surface area (Å²) in [4.78, 5) is 16.8. The van der Waals surface area contributed by atoms with Crippen molar-refractivity contribution in [1.82, 2.24) is 9.55 Å². The summed E-state index contributed by atoms with van der Waals surface area (Å²) in [6, 6.07) is 8.40. The first-order valence-electron chi connectivity index (χ1n) is 25.4. The molecule has 0 radical (unpaired) electrons. The number of imidazole rings is 1. The topological polar surface area (TPSA) is 122 Å². The average molecular weight is 1330 g/mol. The third-order valence-corrected chi connectivity index (χ3v) is 37.9. The fraction of sp³-hybridized carbons (Fsp3) is 0.603. The number of hydrogen-bond donors (Lipinski definition) is 3. The molecule has 400 valence electrons. The van der Waals surface area contributed by atoms with Crippen molar-refractivity contribution in [2.45, 2.75) is 207 Å². The van der Waals surface area contributed by atoms with Gasteiger partial charge >= 0.3 is 154 Å². The van der Waals surface area contributed by atoms with Crippen LogP contribution in [0.2, 0.25) is 49.9 Å². The fourth-order valence-electron chi connectivity index (χ4n) is 9.82. The fourth-order valence-corrected chi connectivity index (χ4v) is 30.0. The quantitative estimate of drug-likeness (QED) is 0.0536. The SMILES string of the molecule is C#CC#CCCO.C#C[Si](C(C)C)(C(C)C)C(C)C.CC(C)[Si](C#CBr)(C(C)C)C(C)C.CC(C)[Si](C#CC#CCCO)(C(C)C)C(C)C.O=[N+]([O-])c1nccn1CCc1ccc[te]1.OCCc1ccc[te]1. The Morgan fingerprint density at radius 1 is 0.625 bits per heavy atom. The van der Waals surface area contributed by atoms with Crippen LogP contribution in [-0.4, -0.2) is 115 Å². The third-order valence-electron chi connectivity index (χ3n) is 13.2. The first kappa shape index (κ1) is 73.8. The number of aryl methyl sites for hydroxylation is 2. The summed E-state index contributed by atoms with van der Waals surface area (Å²) >= 11 is 3.18. The summed E-state index contributed by atoms with van der Waals surface area (Å²) < 4.78 is 8.94. The van der Waals surface area contributed by atoms with Crippen LogP contribution in [0.25, 0.3) is 0 Å². The number of nitro groups is 1. The van der Waals surface area contributed by atoms with E-state index in [2.05, 4.69) is 235 Å². The molecule has 72 heavy (non-hydrogen) atoms. The van der Waals surface area contributed by atoms with E-state index in [0.29, 0.717) is 59.2 Å². The molecule has 3 heterocycles. The van der Waals surface area contributed by atoms with Crippen molar-refractivity contribution >= 4 is 87.0 Å². The Morgan fingerprint density at radius 2 is 1.03 bits per heavy atom. The van der Waals surface area contributed by atoms with Crippen molar-refractivity contribution < 1.29 is 20.2 Å². The molecule has 0 bridgehead atoms. The Morgan fingerprint density at radius 3 is 1.32 bits per heavy atom. The van der Waals surface area contributed by atoms with Gasteiger partial charge in [-0.2, -0.15) is 0 Å². The number of aromatic nitrogens is 2. The normalized spacial score (nSPS) is 10.7. The minimum atomic E-state index is -1.61. The number of aliphatic hydroxyl groups excluding tert-OH is 3. The molecule has 0 saturated heterocycles. The predicted octanol–water partition coefficient (Wildman–Crippen LogP) is 13.4. The van der Waals surface area contributed by atoms with E-state index in [1.54, 1.807) is 10.8 Å². The van der Waals surface area contributed by atoms with Crippen molar-refractivity contribution in [2.75, 3.05) is 19.8 Å². The van der Waals surface area contributed by atoms with Crippen molar-refractivity contribution in [1.29, 1.82) is 0 Å². The molecule has 0 aliphatic carbocycles. The molecule has 3 N–H and O–H groups in total. The second kappa shape index (κ2) is 41.7. The molecule has 0 spiro atoms. The number of hydrogen-bond acceptors (Lipinski definition) is 6. The van der Waals surface area contributed by atoms with Crippen LogP contribution < -0.4 is 0 Å². The van der Waals surface area contributed by atoms with Crippen LogP contribution in [0, 0.1) is 79.9 Å². The van der Waals surface area contributed by atoms with Gasteiger partial charge in [0.25, 0.3) is 0 Å². The molecule has 0 unspecified atom stereocenters. The zero-order valence-electron chi connectivity index (χ0n) is 47.3. The molecule has 0 aliphatic heterocycles. The van der Waals surface area contributed by atoms with Gasteiger partial charge in [0.2, 0.25) is 0 Å². The summed E-state index contributed by atoms with van der Waals surface area (Å²) in [6.45, 7) is 42.6. The van der Waals surface area contributed by atoms with Crippen LogP contribution in [0.5, 0.6) is 0 Å². The van der Waals surface area contributed by atoms with Gasteiger partial charge in [-0.05, 0) is 78.4 Å². The summed E-state index contributed by atoms with van der Waals surface area (Å²) in [7, 11) is -4.52. The molecule has 3 aromatic heterocycles. The Balaban J connectivity index is -0.000000811. The second-order valence-electron chi connectivity index (χ2n) is 20.1. The monoisotopic (exact) mass is 1330 g/mol. The minimum absolute atomic E-state index is 0.0356. The van der Waals surface area contributed by atoms with E-state index in [1.165, 1.54) is 13.4 Å². The molecule has 14 heteroatoms. The maximum atomic E-state index is 10.6. The van der Waals surface area contributed by atoms with E-state index in [0.717, 1.165) is 29.5 Å². The molecule has 0 amide bonds. The van der Waals surface area contributed by atoms with Crippen LogP contribution in [0.15, 0.2) is 44.8 Å². The third kappa shape index (κ3) is 26.3. The van der Waals surface area contributed by atoms with Gasteiger partial charge in [0.1, 0.15) is 24.2 Å². The van der Waals surface area contributed by atoms with Crippen molar-refractivity contribution in [3.05, 3.63) is 62.1 Å². The first-order chi connectivity index (χ1) is 33.8. The molecule has 3 aromatic rings. The van der Waals surface area contributed by atoms with Gasteiger partial charge in [0.15, 0.2) is 0 Å². The summed E-state index contributed by atoms with van der Waals surface area (Å²) in [5.74, 6) is 15.8. The van der Waals surface area contributed by atoms with Crippen molar-refractivity contribution in [3.63, 3.8) is 0 Å². The number of terminal acetylenes is 2. The molecule has 0 aliphatic rings. The molecule has 0 saturated carbocycles. The van der Waals surface area contributed by atoms with Gasteiger partial charge < -0.3 is 10.2 Å². The zero-order valence-corrected chi connectivity index (χ0v) is 56.6. The van der Waals surface area contributed by atoms with Gasteiger partial charge in [-0.25, -0.2) is 0 Å². The van der Waals surface area contributed by atoms with Crippen LogP contribution in [0.1, 0.15) is 145 Å². The molecule has 0 fully saturated rings. The van der Waals surface area contributed by atoms with E-state index < -0.39 is 29.1 Å². The summed E-state index contributed by atoms with van der Waals surface area (Å²) in [6.07, 6.45) is 16.4. The van der Waals surface area contributed by atoms with Crippen LogP contribution in [0.4, 0.5) is 5.95 Å². The number of rotatable bonds is 17. The number of halogens is 1. The summed E-state index contributed by atoms with van der Waals surface area (Å²) in [5.41, 5.74) is 16.4. The Hall–Kier alpha value is -2.48. The Bertz CT molecular complexity index is 2160. The molecule has 3 rings (SSSR count). The Kier molecular flexibility index (Phi) is 42.8. The predicted molar refractivity (Wildman–Crippen MR) is 324 cm³/mol. The molecular weight excluding hydrogens is 1240 g/mol. The van der Waals surface area contributed by atoms with Crippen LogP contribution >= 0.6 is 15.9 Å². The van der Waals surface area contributed by atoms with E-state index in [-0.39, 0.29) is 60.0 Å².